The van der Waals surface area contributed by atoms with Gasteiger partial charge in [0.1, 0.15) is 6.54 Å². The molecule has 0 radical (unpaired) electrons. The molecule has 0 aromatic heterocycles. The van der Waals surface area contributed by atoms with E-state index in [1.54, 1.807) is 0 Å². The third-order valence-corrected chi connectivity index (χ3v) is 2.75. The first-order chi connectivity index (χ1) is 8.76. The highest BCUT2D eigenvalue weighted by atomic mass is 16.6. The van der Waals surface area contributed by atoms with Crippen LogP contribution < -0.4 is 0 Å². The van der Waals surface area contributed by atoms with Crippen LogP contribution in [0.4, 0.5) is 0 Å². The predicted molar refractivity (Wildman–Crippen MR) is 73.8 cm³/mol. The standard InChI is InChI=1S/C14H27NO4/c1-5-6-7-8-9-10-13(16)19-12(14(17)18)11-15(2,3)4/h12H,5-11H2,1-4H3/p+1. The number of hydrogen-bond acceptors (Lipinski definition) is 3. The van der Waals surface area contributed by atoms with Crippen molar-refractivity contribution in [1.29, 1.82) is 0 Å². The van der Waals surface area contributed by atoms with E-state index in [1.165, 1.54) is 6.42 Å². The molecule has 0 aliphatic heterocycles. The average Bonchev–Trinajstić information content (AvgIpc) is 2.26. The molecule has 1 atom stereocenters. The van der Waals surface area contributed by atoms with Gasteiger partial charge in [-0.3, -0.25) is 4.79 Å². The fourth-order valence-corrected chi connectivity index (χ4v) is 1.75. The van der Waals surface area contributed by atoms with Crippen LogP contribution in [0.3, 0.4) is 0 Å². The predicted octanol–water partition coefficient (Wildman–Crippen LogP) is 2.05. The number of quaternary nitrogens is 1. The fourth-order valence-electron chi connectivity index (χ4n) is 1.75. The molecule has 112 valence electrons. The van der Waals surface area contributed by atoms with Crippen molar-refractivity contribution in [1.82, 2.24) is 0 Å². The largest absolute Gasteiger partial charge is 0.478 e. The van der Waals surface area contributed by atoms with Gasteiger partial charge in [0.05, 0.1) is 21.1 Å². The molecular weight excluding hydrogens is 246 g/mol. The second kappa shape index (κ2) is 8.91. The van der Waals surface area contributed by atoms with Crippen molar-refractivity contribution < 1.29 is 23.9 Å². The Morgan fingerprint density at radius 3 is 2.16 bits per heavy atom. The van der Waals surface area contributed by atoms with Gasteiger partial charge in [-0.05, 0) is 6.42 Å². The molecule has 0 saturated carbocycles. The molecule has 1 N–H and O–H groups in total. The number of hydrogen-bond donors (Lipinski definition) is 1. The molecule has 5 nitrogen and oxygen atoms in total. The maximum absolute atomic E-state index is 11.6. The van der Waals surface area contributed by atoms with Gasteiger partial charge in [-0.25, -0.2) is 4.79 Å². The number of unbranched alkanes of at least 4 members (excludes halogenated alkanes) is 4. The Labute approximate surface area is 116 Å². The fraction of sp³-hybridized carbons (Fsp3) is 0.857. The highest BCUT2D eigenvalue weighted by molar-refractivity contribution is 5.78. The molecule has 0 amide bonds. The molecule has 0 fully saturated rings. The summed E-state index contributed by atoms with van der Waals surface area (Å²) in [5, 5.41) is 9.04. The number of rotatable bonds is 10. The van der Waals surface area contributed by atoms with E-state index in [0.717, 1.165) is 25.7 Å². The van der Waals surface area contributed by atoms with E-state index in [0.29, 0.717) is 10.9 Å². The number of aliphatic carboxylic acids is 1. The molecule has 0 bridgehead atoms. The van der Waals surface area contributed by atoms with Crippen LogP contribution in [0.25, 0.3) is 0 Å². The minimum Gasteiger partial charge on any atom is -0.478 e. The van der Waals surface area contributed by atoms with E-state index in [2.05, 4.69) is 6.92 Å². The number of nitrogens with zero attached hydrogens (tertiary/aromatic N) is 1. The van der Waals surface area contributed by atoms with Crippen LogP contribution in [0.15, 0.2) is 0 Å². The van der Waals surface area contributed by atoms with Crippen molar-refractivity contribution in [2.75, 3.05) is 27.7 Å². The maximum atomic E-state index is 11.6. The third kappa shape index (κ3) is 10.5. The van der Waals surface area contributed by atoms with Crippen LogP contribution >= 0.6 is 0 Å². The van der Waals surface area contributed by atoms with Gasteiger partial charge in [0.2, 0.25) is 6.10 Å². The smallest absolute Gasteiger partial charge is 0.351 e. The molecule has 19 heavy (non-hydrogen) atoms. The summed E-state index contributed by atoms with van der Waals surface area (Å²) in [6, 6.07) is 0. The van der Waals surface area contributed by atoms with Gasteiger partial charge in [-0.15, -0.1) is 0 Å². The second-order valence-electron chi connectivity index (χ2n) is 5.95. The van der Waals surface area contributed by atoms with E-state index in [-0.39, 0.29) is 6.54 Å². The van der Waals surface area contributed by atoms with Crippen molar-refractivity contribution in [3.63, 3.8) is 0 Å². The first-order valence-electron chi connectivity index (χ1n) is 6.99. The summed E-state index contributed by atoms with van der Waals surface area (Å²) in [7, 11) is 5.61. The Kier molecular flexibility index (Phi) is 8.39. The van der Waals surface area contributed by atoms with Crippen molar-refractivity contribution in [3.05, 3.63) is 0 Å². The zero-order valence-corrected chi connectivity index (χ0v) is 12.6. The van der Waals surface area contributed by atoms with Gasteiger partial charge >= 0.3 is 11.9 Å². The molecule has 1 unspecified atom stereocenters. The second-order valence-corrected chi connectivity index (χ2v) is 5.95. The van der Waals surface area contributed by atoms with Gasteiger partial charge in [-0.1, -0.05) is 32.6 Å². The number of carbonyl (C=O) groups excluding carboxylic acids is 1. The summed E-state index contributed by atoms with van der Waals surface area (Å²) < 4.78 is 5.49. The quantitative estimate of drug-likeness (QED) is 0.376. The van der Waals surface area contributed by atoms with Crippen LogP contribution in [0.5, 0.6) is 0 Å². The van der Waals surface area contributed by atoms with Crippen molar-refractivity contribution in [2.24, 2.45) is 0 Å². The van der Waals surface area contributed by atoms with Gasteiger partial charge < -0.3 is 14.3 Å². The van der Waals surface area contributed by atoms with E-state index >= 15 is 0 Å². The summed E-state index contributed by atoms with van der Waals surface area (Å²) in [6.07, 6.45) is 4.48. The van der Waals surface area contributed by atoms with Gasteiger partial charge in [0.25, 0.3) is 0 Å². The van der Waals surface area contributed by atoms with Crippen molar-refractivity contribution in [3.8, 4) is 0 Å². The van der Waals surface area contributed by atoms with Crippen molar-refractivity contribution in [2.45, 2.75) is 51.6 Å². The number of carboxylic acid groups (broad SMARTS) is 1. The lowest BCUT2D eigenvalue weighted by atomic mass is 10.1. The van der Waals surface area contributed by atoms with E-state index in [9.17, 15) is 9.59 Å². The molecular formula is C14H28NO4+. The van der Waals surface area contributed by atoms with Gasteiger partial charge in [-0.2, -0.15) is 0 Å². The molecule has 0 rings (SSSR count). The number of esters is 1. The topological polar surface area (TPSA) is 63.6 Å². The maximum Gasteiger partial charge on any atom is 0.351 e. The molecule has 0 aromatic carbocycles. The third-order valence-electron chi connectivity index (χ3n) is 2.75. The van der Waals surface area contributed by atoms with Crippen LogP contribution in [0.2, 0.25) is 0 Å². The molecule has 0 aromatic rings. The summed E-state index contributed by atoms with van der Waals surface area (Å²) in [5.41, 5.74) is 0. The van der Waals surface area contributed by atoms with Crippen LogP contribution in [0, 0.1) is 0 Å². The molecule has 5 heteroatoms. The number of carbonyl (C=O) groups is 2. The SMILES string of the molecule is CCCCCCCC(=O)OC(C[N+](C)(C)C)C(=O)O. The Hall–Kier alpha value is -1.10. The normalized spacial score (nSPS) is 13.1. The Balaban J connectivity index is 4.01. The highest BCUT2D eigenvalue weighted by Crippen LogP contribution is 2.08. The van der Waals surface area contributed by atoms with Crippen LogP contribution in [-0.4, -0.2) is 55.3 Å². The lowest BCUT2D eigenvalue weighted by Crippen LogP contribution is -2.46. The summed E-state index contributed by atoms with van der Waals surface area (Å²) in [5.74, 6) is -1.48. The summed E-state index contributed by atoms with van der Waals surface area (Å²) in [4.78, 5) is 22.6. The minimum atomic E-state index is -1.08. The highest BCUT2D eigenvalue weighted by Gasteiger charge is 2.28. The average molecular weight is 274 g/mol. The number of ether oxygens (including phenoxy) is 1. The Bertz CT molecular complexity index is 284. The summed E-state index contributed by atoms with van der Waals surface area (Å²) >= 11 is 0. The molecule has 0 spiro atoms. The van der Waals surface area contributed by atoms with E-state index < -0.39 is 18.0 Å². The zero-order chi connectivity index (χ0) is 14.9. The monoisotopic (exact) mass is 274 g/mol. The Morgan fingerprint density at radius 2 is 1.68 bits per heavy atom. The van der Waals surface area contributed by atoms with Gasteiger partial charge in [0.15, 0.2) is 0 Å². The summed E-state index contributed by atoms with van der Waals surface area (Å²) in [6.45, 7) is 2.41. The number of likely N-dealkylation sites (N-methyl/N-ethyl adjacent to an activating group) is 1. The van der Waals surface area contributed by atoms with Crippen LogP contribution in [-0.2, 0) is 14.3 Å². The molecule has 0 aliphatic carbocycles. The molecule has 0 heterocycles. The minimum absolute atomic E-state index is 0.275. The van der Waals surface area contributed by atoms with E-state index in [4.69, 9.17) is 9.84 Å². The van der Waals surface area contributed by atoms with Crippen molar-refractivity contribution >= 4 is 11.9 Å². The lowest BCUT2D eigenvalue weighted by molar-refractivity contribution is -0.872. The van der Waals surface area contributed by atoms with Gasteiger partial charge in [0, 0.05) is 6.42 Å². The molecule has 0 saturated heterocycles. The van der Waals surface area contributed by atoms with Crippen LogP contribution in [0.1, 0.15) is 45.4 Å². The van der Waals surface area contributed by atoms with E-state index in [1.807, 2.05) is 21.1 Å². The first kappa shape index (κ1) is 17.9. The lowest BCUT2D eigenvalue weighted by Gasteiger charge is -2.27. The zero-order valence-electron chi connectivity index (χ0n) is 12.6. The first-order valence-corrected chi connectivity index (χ1v) is 6.99. The molecule has 0 aliphatic rings. The number of carboxylic acids is 1. The Morgan fingerprint density at radius 1 is 1.11 bits per heavy atom.